The van der Waals surface area contributed by atoms with E-state index in [4.69, 9.17) is 0 Å². The van der Waals surface area contributed by atoms with Gasteiger partial charge in [0.2, 0.25) is 11.8 Å². The first-order chi connectivity index (χ1) is 10.2. The minimum absolute atomic E-state index is 0.0426. The van der Waals surface area contributed by atoms with E-state index >= 15 is 0 Å². The molecule has 2 amide bonds. The first-order valence-electron chi connectivity index (χ1n) is 6.54. The minimum atomic E-state index is -0.500. The van der Waals surface area contributed by atoms with E-state index in [0.29, 0.717) is 5.71 Å². The van der Waals surface area contributed by atoms with Gasteiger partial charge in [0, 0.05) is 18.3 Å². The van der Waals surface area contributed by atoms with Gasteiger partial charge in [0.05, 0.1) is 5.92 Å². The molecule has 0 aromatic heterocycles. The van der Waals surface area contributed by atoms with E-state index < -0.39 is 5.92 Å². The molecule has 108 valence electrons. The van der Waals surface area contributed by atoms with Crippen LogP contribution in [0.25, 0.3) is 6.08 Å². The monoisotopic (exact) mass is 284 g/mol. The predicted molar refractivity (Wildman–Crippen MR) is 81.5 cm³/mol. The summed E-state index contributed by atoms with van der Waals surface area (Å²) in [7, 11) is 0. The van der Waals surface area contributed by atoms with Gasteiger partial charge in [-0.15, -0.1) is 0 Å². The number of hydrogen-bond donors (Lipinski definition) is 2. The predicted octanol–water partition coefficient (Wildman–Crippen LogP) is 1.31. The molecule has 0 radical (unpaired) electrons. The Morgan fingerprint density at radius 2 is 2.19 bits per heavy atom. The molecular weight excluding hydrogens is 268 g/mol. The molecule has 0 spiro atoms. The number of amides is 2. The number of hydrazone groups is 2. The normalized spacial score (nSPS) is 18.0. The topological polar surface area (TPSA) is 82.9 Å². The Kier molecular flexibility index (Phi) is 4.98. The second-order valence-corrected chi connectivity index (χ2v) is 4.57. The van der Waals surface area contributed by atoms with Gasteiger partial charge < -0.3 is 0 Å². The lowest BCUT2D eigenvalue weighted by molar-refractivity contribution is -0.127. The largest absolute Gasteiger partial charge is 0.273 e. The highest BCUT2D eigenvalue weighted by atomic mass is 16.2. The smallest absolute Gasteiger partial charge is 0.249 e. The number of carbonyl (C=O) groups excluding carboxylic acids is 2. The van der Waals surface area contributed by atoms with Crippen LogP contribution in [-0.4, -0.2) is 23.7 Å². The summed E-state index contributed by atoms with van der Waals surface area (Å²) in [6, 6.07) is 9.74. The van der Waals surface area contributed by atoms with Crippen LogP contribution in [0.1, 0.15) is 18.9 Å². The summed E-state index contributed by atoms with van der Waals surface area (Å²) in [5, 5.41) is 7.58. The van der Waals surface area contributed by atoms with Gasteiger partial charge in [-0.05, 0) is 18.6 Å². The summed E-state index contributed by atoms with van der Waals surface area (Å²) in [6.45, 7) is 1.71. The van der Waals surface area contributed by atoms with Gasteiger partial charge in [0.1, 0.15) is 0 Å². The standard InChI is InChI=1S/C15H16N4O2/c1-11-13(15(21)19-17-11)10-14(20)18-16-9-5-8-12-6-3-2-4-7-12/h2-9,13H,10H2,1H3,(H,18,20)(H,19,21)/b8-5+,16-9-/t13-/m1/s1. The summed E-state index contributed by atoms with van der Waals surface area (Å²) >= 11 is 0. The molecule has 0 saturated heterocycles. The minimum Gasteiger partial charge on any atom is -0.273 e. The lowest BCUT2D eigenvalue weighted by atomic mass is 10.0. The van der Waals surface area contributed by atoms with E-state index in [1.54, 1.807) is 13.0 Å². The van der Waals surface area contributed by atoms with Crippen molar-refractivity contribution in [3.8, 4) is 0 Å². The Hall–Kier alpha value is -2.76. The van der Waals surface area contributed by atoms with Gasteiger partial charge in [-0.25, -0.2) is 10.9 Å². The fourth-order valence-corrected chi connectivity index (χ4v) is 1.83. The van der Waals surface area contributed by atoms with Gasteiger partial charge in [-0.1, -0.05) is 36.4 Å². The van der Waals surface area contributed by atoms with Crippen LogP contribution >= 0.6 is 0 Å². The van der Waals surface area contributed by atoms with Crippen LogP contribution in [0.2, 0.25) is 0 Å². The van der Waals surface area contributed by atoms with Crippen molar-refractivity contribution in [2.75, 3.05) is 0 Å². The summed E-state index contributed by atoms with van der Waals surface area (Å²) < 4.78 is 0. The molecule has 1 heterocycles. The number of rotatable bonds is 5. The lowest BCUT2D eigenvalue weighted by Gasteiger charge is -2.05. The van der Waals surface area contributed by atoms with E-state index in [1.165, 1.54) is 6.21 Å². The number of nitrogens with one attached hydrogen (secondary N) is 2. The molecular formula is C15H16N4O2. The van der Waals surface area contributed by atoms with Gasteiger partial charge in [0.15, 0.2) is 0 Å². The molecule has 0 unspecified atom stereocenters. The highest BCUT2D eigenvalue weighted by molar-refractivity contribution is 6.09. The molecule has 0 saturated carbocycles. The van der Waals surface area contributed by atoms with Crippen molar-refractivity contribution in [1.82, 2.24) is 10.9 Å². The zero-order chi connectivity index (χ0) is 15.1. The van der Waals surface area contributed by atoms with Crippen molar-refractivity contribution in [3.63, 3.8) is 0 Å². The van der Waals surface area contributed by atoms with Gasteiger partial charge in [-0.3, -0.25) is 9.59 Å². The Morgan fingerprint density at radius 1 is 1.43 bits per heavy atom. The highest BCUT2D eigenvalue weighted by Gasteiger charge is 2.28. The van der Waals surface area contributed by atoms with Crippen LogP contribution in [0.15, 0.2) is 46.6 Å². The maximum Gasteiger partial charge on any atom is 0.249 e. The van der Waals surface area contributed by atoms with E-state index in [9.17, 15) is 9.59 Å². The van der Waals surface area contributed by atoms with Crippen molar-refractivity contribution < 1.29 is 9.59 Å². The maximum absolute atomic E-state index is 11.6. The Labute approximate surface area is 122 Å². The molecule has 6 heteroatoms. The van der Waals surface area contributed by atoms with E-state index in [0.717, 1.165) is 5.56 Å². The zero-order valence-corrected chi connectivity index (χ0v) is 11.6. The molecule has 1 aliphatic rings. The molecule has 0 bridgehead atoms. The number of nitrogens with zero attached hydrogens (tertiary/aromatic N) is 2. The molecule has 1 atom stereocenters. The van der Waals surface area contributed by atoms with E-state index in [2.05, 4.69) is 21.1 Å². The molecule has 1 aromatic carbocycles. The molecule has 1 aliphatic heterocycles. The first kappa shape index (κ1) is 14.6. The van der Waals surface area contributed by atoms with Crippen LogP contribution in [0, 0.1) is 5.92 Å². The summed E-state index contributed by atoms with van der Waals surface area (Å²) in [5.74, 6) is -1.08. The molecule has 2 rings (SSSR count). The Bertz CT molecular complexity index is 605. The summed E-state index contributed by atoms with van der Waals surface area (Å²) in [4.78, 5) is 23.0. The van der Waals surface area contributed by atoms with Crippen molar-refractivity contribution in [1.29, 1.82) is 0 Å². The second kappa shape index (κ2) is 7.14. The van der Waals surface area contributed by atoms with Crippen LogP contribution in [-0.2, 0) is 9.59 Å². The fourth-order valence-electron chi connectivity index (χ4n) is 1.83. The van der Waals surface area contributed by atoms with Crippen molar-refractivity contribution in [2.45, 2.75) is 13.3 Å². The van der Waals surface area contributed by atoms with Crippen LogP contribution in [0.5, 0.6) is 0 Å². The van der Waals surface area contributed by atoms with Crippen molar-refractivity contribution in [2.24, 2.45) is 16.1 Å². The summed E-state index contributed by atoms with van der Waals surface area (Å²) in [6.07, 6.45) is 5.13. The van der Waals surface area contributed by atoms with Crippen LogP contribution < -0.4 is 10.9 Å². The Morgan fingerprint density at radius 3 is 2.86 bits per heavy atom. The molecule has 0 fully saturated rings. The lowest BCUT2D eigenvalue weighted by Crippen LogP contribution is -2.29. The average molecular weight is 284 g/mol. The molecule has 0 aliphatic carbocycles. The second-order valence-electron chi connectivity index (χ2n) is 4.57. The quantitative estimate of drug-likeness (QED) is 0.631. The number of hydrogen-bond acceptors (Lipinski definition) is 4. The Balaban J connectivity index is 1.76. The number of carbonyl (C=O) groups is 2. The molecule has 1 aromatic rings. The zero-order valence-electron chi connectivity index (χ0n) is 11.6. The third kappa shape index (κ3) is 4.38. The van der Waals surface area contributed by atoms with Crippen molar-refractivity contribution >= 4 is 29.8 Å². The third-order valence-corrected chi connectivity index (χ3v) is 2.99. The fraction of sp³-hybridized carbons (Fsp3) is 0.200. The average Bonchev–Trinajstić information content (AvgIpc) is 2.80. The highest BCUT2D eigenvalue weighted by Crippen LogP contribution is 2.11. The SMILES string of the molecule is CC1=NNC(=O)[C@@H]1CC(=O)N/N=C\C=C\c1ccccc1. The molecule has 2 N–H and O–H groups in total. The van der Waals surface area contributed by atoms with E-state index in [1.807, 2.05) is 36.4 Å². The number of allylic oxidation sites excluding steroid dienone is 1. The molecule has 21 heavy (non-hydrogen) atoms. The van der Waals surface area contributed by atoms with Crippen LogP contribution in [0.3, 0.4) is 0 Å². The maximum atomic E-state index is 11.6. The summed E-state index contributed by atoms with van der Waals surface area (Å²) in [5.41, 5.74) is 6.38. The van der Waals surface area contributed by atoms with Gasteiger partial charge in [-0.2, -0.15) is 10.2 Å². The van der Waals surface area contributed by atoms with Crippen molar-refractivity contribution in [3.05, 3.63) is 42.0 Å². The van der Waals surface area contributed by atoms with Gasteiger partial charge in [0.25, 0.3) is 0 Å². The van der Waals surface area contributed by atoms with E-state index in [-0.39, 0.29) is 18.2 Å². The first-order valence-corrected chi connectivity index (χ1v) is 6.54. The third-order valence-electron chi connectivity index (χ3n) is 2.99. The van der Waals surface area contributed by atoms with Crippen LogP contribution in [0.4, 0.5) is 0 Å². The molecule has 6 nitrogen and oxygen atoms in total. The van der Waals surface area contributed by atoms with Gasteiger partial charge >= 0.3 is 0 Å². The number of benzene rings is 1.